The van der Waals surface area contributed by atoms with E-state index < -0.39 is 0 Å². The predicted octanol–water partition coefficient (Wildman–Crippen LogP) is 7.49. The molecule has 0 radical (unpaired) electrons. The number of hydrogen-bond acceptors (Lipinski definition) is 3. The quantitative estimate of drug-likeness (QED) is 0.182. The van der Waals surface area contributed by atoms with Crippen molar-refractivity contribution in [1.29, 1.82) is 0 Å². The van der Waals surface area contributed by atoms with Crippen LogP contribution in [0.1, 0.15) is 122 Å². The summed E-state index contributed by atoms with van der Waals surface area (Å²) in [5.74, 6) is -0.185. The minimum Gasteiger partial charge on any atom is -0.501 e. The molecule has 27 heavy (non-hydrogen) atoms. The van der Waals surface area contributed by atoms with Gasteiger partial charge in [0, 0.05) is 0 Å². The summed E-state index contributed by atoms with van der Waals surface area (Å²) < 4.78 is 10.5. The zero-order valence-corrected chi connectivity index (χ0v) is 17.9. The Balaban J connectivity index is 1.73. The summed E-state index contributed by atoms with van der Waals surface area (Å²) in [5.41, 5.74) is 0.692. The highest BCUT2D eigenvalue weighted by molar-refractivity contribution is 5.88. The molecular formula is C24H44O3. The Morgan fingerprint density at radius 3 is 1.74 bits per heavy atom. The lowest BCUT2D eigenvalue weighted by molar-refractivity contribution is -0.139. The van der Waals surface area contributed by atoms with Gasteiger partial charge < -0.3 is 9.47 Å². The number of rotatable bonds is 18. The van der Waals surface area contributed by atoms with E-state index in [9.17, 15) is 4.79 Å². The molecule has 0 spiro atoms. The van der Waals surface area contributed by atoms with Crippen LogP contribution in [0.15, 0.2) is 11.8 Å². The minimum atomic E-state index is -0.185. The average Bonchev–Trinajstić information content (AvgIpc) is 2.70. The van der Waals surface area contributed by atoms with Gasteiger partial charge in [-0.3, -0.25) is 0 Å². The fraction of sp³-hybridized carbons (Fsp3) is 0.875. The van der Waals surface area contributed by atoms with Crippen molar-refractivity contribution in [2.75, 3.05) is 13.2 Å². The monoisotopic (exact) mass is 380 g/mol. The maximum atomic E-state index is 11.8. The Morgan fingerprint density at radius 1 is 0.815 bits per heavy atom. The second-order valence-corrected chi connectivity index (χ2v) is 8.06. The first-order valence-corrected chi connectivity index (χ1v) is 11.8. The van der Waals surface area contributed by atoms with Crippen molar-refractivity contribution >= 4 is 5.97 Å². The molecule has 3 heteroatoms. The summed E-state index contributed by atoms with van der Waals surface area (Å²) in [7, 11) is 0. The highest BCUT2D eigenvalue weighted by Gasteiger charge is 2.14. The van der Waals surface area contributed by atoms with E-state index in [0.29, 0.717) is 12.2 Å². The molecule has 3 nitrogen and oxygen atoms in total. The molecule has 1 rings (SSSR count). The van der Waals surface area contributed by atoms with Gasteiger partial charge in [-0.25, -0.2) is 4.79 Å². The van der Waals surface area contributed by atoms with E-state index in [-0.39, 0.29) is 5.97 Å². The Labute approximate surface area is 168 Å². The summed E-state index contributed by atoms with van der Waals surface area (Å²) in [6.07, 6.45) is 25.0. The van der Waals surface area contributed by atoms with E-state index in [1.165, 1.54) is 96.3 Å². The number of hydrogen-bond donors (Lipinski definition) is 0. The molecule has 0 aromatic carbocycles. The number of unbranched alkanes of at least 4 members (excludes halogenated alkanes) is 15. The summed E-state index contributed by atoms with van der Waals surface area (Å²) in [6.45, 7) is 3.55. The molecule has 0 aliphatic carbocycles. The van der Waals surface area contributed by atoms with E-state index in [1.54, 1.807) is 6.26 Å². The minimum absolute atomic E-state index is 0.185. The lowest BCUT2D eigenvalue weighted by atomic mass is 10.0. The molecular weight excluding hydrogens is 336 g/mol. The first-order chi connectivity index (χ1) is 13.3. The van der Waals surface area contributed by atoms with E-state index in [4.69, 9.17) is 9.47 Å². The number of esters is 1. The molecule has 0 aromatic heterocycles. The highest BCUT2D eigenvalue weighted by atomic mass is 16.5. The maximum Gasteiger partial charge on any atom is 0.337 e. The fourth-order valence-electron chi connectivity index (χ4n) is 3.62. The SMILES string of the molecule is CCCCCCCCCCCCCCCCCCOC(=O)C1=COCCC1. The van der Waals surface area contributed by atoms with E-state index in [1.807, 2.05) is 0 Å². The summed E-state index contributed by atoms with van der Waals surface area (Å²) in [4.78, 5) is 11.8. The van der Waals surface area contributed by atoms with Gasteiger partial charge in [-0.2, -0.15) is 0 Å². The van der Waals surface area contributed by atoms with Gasteiger partial charge in [0.15, 0.2) is 0 Å². The van der Waals surface area contributed by atoms with E-state index in [2.05, 4.69) is 6.92 Å². The molecule has 0 amide bonds. The molecule has 1 aliphatic heterocycles. The third-order valence-electron chi connectivity index (χ3n) is 5.43. The number of carbonyl (C=O) groups excluding carboxylic acids is 1. The molecule has 0 unspecified atom stereocenters. The normalized spacial score (nSPS) is 13.9. The topological polar surface area (TPSA) is 35.5 Å². The standard InChI is InChI=1S/C24H44O3/c1-2-3-4-5-6-7-8-9-10-11-12-13-14-15-16-17-21-27-24(25)23-19-18-20-26-22-23/h22H,2-21H2,1H3. The van der Waals surface area contributed by atoms with Crippen molar-refractivity contribution in [2.45, 2.75) is 122 Å². The van der Waals surface area contributed by atoms with Crippen LogP contribution in [0.3, 0.4) is 0 Å². The summed E-state index contributed by atoms with van der Waals surface area (Å²) in [5, 5.41) is 0. The maximum absolute atomic E-state index is 11.8. The Hall–Kier alpha value is -0.990. The highest BCUT2D eigenvalue weighted by Crippen LogP contribution is 2.15. The fourth-order valence-corrected chi connectivity index (χ4v) is 3.62. The van der Waals surface area contributed by atoms with Gasteiger partial charge in [-0.15, -0.1) is 0 Å². The Kier molecular flexibility index (Phi) is 16.4. The first kappa shape index (κ1) is 24.0. The zero-order valence-electron chi connectivity index (χ0n) is 17.9. The lowest BCUT2D eigenvalue weighted by Crippen LogP contribution is -2.12. The van der Waals surface area contributed by atoms with Gasteiger partial charge in [0.1, 0.15) is 0 Å². The first-order valence-electron chi connectivity index (χ1n) is 11.8. The zero-order chi connectivity index (χ0) is 19.4. The average molecular weight is 381 g/mol. The van der Waals surface area contributed by atoms with Crippen LogP contribution >= 0.6 is 0 Å². The lowest BCUT2D eigenvalue weighted by Gasteiger charge is -2.12. The van der Waals surface area contributed by atoms with Crippen LogP contribution in [0.4, 0.5) is 0 Å². The number of carbonyl (C=O) groups is 1. The second-order valence-electron chi connectivity index (χ2n) is 8.06. The molecule has 1 aliphatic rings. The van der Waals surface area contributed by atoms with Gasteiger partial charge >= 0.3 is 5.97 Å². The van der Waals surface area contributed by atoms with Gasteiger partial charge in [0.05, 0.1) is 25.0 Å². The molecule has 0 saturated heterocycles. The van der Waals surface area contributed by atoms with E-state index >= 15 is 0 Å². The molecule has 0 atom stereocenters. The van der Waals surface area contributed by atoms with Crippen LogP contribution < -0.4 is 0 Å². The molecule has 0 fully saturated rings. The van der Waals surface area contributed by atoms with Crippen LogP contribution in [0.2, 0.25) is 0 Å². The van der Waals surface area contributed by atoms with Crippen LogP contribution in [-0.2, 0) is 14.3 Å². The van der Waals surface area contributed by atoms with Crippen molar-refractivity contribution < 1.29 is 14.3 Å². The number of ether oxygens (including phenoxy) is 2. The molecule has 0 bridgehead atoms. The van der Waals surface area contributed by atoms with Crippen molar-refractivity contribution in [3.05, 3.63) is 11.8 Å². The van der Waals surface area contributed by atoms with Gasteiger partial charge in [0.25, 0.3) is 0 Å². The third kappa shape index (κ3) is 14.7. The third-order valence-corrected chi connectivity index (χ3v) is 5.43. The largest absolute Gasteiger partial charge is 0.501 e. The van der Waals surface area contributed by atoms with Crippen molar-refractivity contribution in [3.8, 4) is 0 Å². The van der Waals surface area contributed by atoms with Crippen LogP contribution in [0, 0.1) is 0 Å². The van der Waals surface area contributed by atoms with Gasteiger partial charge in [-0.1, -0.05) is 103 Å². The van der Waals surface area contributed by atoms with Crippen LogP contribution in [0.25, 0.3) is 0 Å². The van der Waals surface area contributed by atoms with Crippen LogP contribution in [-0.4, -0.2) is 19.2 Å². The smallest absolute Gasteiger partial charge is 0.337 e. The Morgan fingerprint density at radius 2 is 1.30 bits per heavy atom. The summed E-state index contributed by atoms with van der Waals surface area (Å²) in [6, 6.07) is 0. The van der Waals surface area contributed by atoms with E-state index in [0.717, 1.165) is 25.9 Å². The van der Waals surface area contributed by atoms with Gasteiger partial charge in [-0.05, 0) is 19.3 Å². The Bertz CT molecular complexity index is 376. The molecule has 0 saturated carbocycles. The predicted molar refractivity (Wildman–Crippen MR) is 114 cm³/mol. The summed E-state index contributed by atoms with van der Waals surface area (Å²) >= 11 is 0. The molecule has 158 valence electrons. The van der Waals surface area contributed by atoms with Crippen molar-refractivity contribution in [2.24, 2.45) is 0 Å². The molecule has 0 N–H and O–H groups in total. The molecule has 0 aromatic rings. The van der Waals surface area contributed by atoms with Gasteiger partial charge in [0.2, 0.25) is 0 Å². The van der Waals surface area contributed by atoms with Crippen molar-refractivity contribution in [1.82, 2.24) is 0 Å². The second kappa shape index (κ2) is 18.4. The van der Waals surface area contributed by atoms with Crippen molar-refractivity contribution in [3.63, 3.8) is 0 Å². The molecule has 1 heterocycles. The van der Waals surface area contributed by atoms with Crippen LogP contribution in [0.5, 0.6) is 0 Å².